The molecule has 0 rings (SSSR count). The van der Waals surface area contributed by atoms with E-state index in [9.17, 15) is 9.90 Å². The van der Waals surface area contributed by atoms with Gasteiger partial charge in [0.05, 0.1) is 13.5 Å². The molecule has 0 aliphatic rings. The zero-order chi connectivity index (χ0) is 11.0. The average molecular weight is 206 g/mol. The minimum Gasteiger partial charge on any atom is -0.469 e. The first kappa shape index (κ1) is 13.4. The van der Waals surface area contributed by atoms with Gasteiger partial charge < -0.3 is 19.3 Å². The third-order valence-corrected chi connectivity index (χ3v) is 1.58. The summed E-state index contributed by atoms with van der Waals surface area (Å²) in [6.07, 6.45) is -1.87. The lowest BCUT2D eigenvalue weighted by molar-refractivity contribution is -0.194. The smallest absolute Gasteiger partial charge is 0.308 e. The summed E-state index contributed by atoms with van der Waals surface area (Å²) in [7, 11) is 1.27. The van der Waals surface area contributed by atoms with Crippen molar-refractivity contribution in [3.8, 4) is 0 Å². The van der Waals surface area contributed by atoms with Gasteiger partial charge in [0.15, 0.2) is 6.29 Å². The summed E-state index contributed by atoms with van der Waals surface area (Å²) in [6, 6.07) is 0. The molecule has 0 saturated carbocycles. The molecule has 14 heavy (non-hydrogen) atoms. The Bertz CT molecular complexity index is 153. The SMILES string of the molecule is CCOC(OCC)C(O)CC(=O)OC. The molecule has 0 saturated heterocycles. The number of methoxy groups -OCH3 is 1. The predicted molar refractivity (Wildman–Crippen MR) is 49.7 cm³/mol. The van der Waals surface area contributed by atoms with Crippen LogP contribution in [0.1, 0.15) is 20.3 Å². The highest BCUT2D eigenvalue weighted by Crippen LogP contribution is 2.06. The summed E-state index contributed by atoms with van der Waals surface area (Å²) in [5.41, 5.74) is 0. The van der Waals surface area contributed by atoms with Gasteiger partial charge in [-0.25, -0.2) is 0 Å². The number of carbonyl (C=O) groups is 1. The van der Waals surface area contributed by atoms with E-state index in [-0.39, 0.29) is 6.42 Å². The Morgan fingerprint density at radius 1 is 1.29 bits per heavy atom. The second-order valence-corrected chi connectivity index (χ2v) is 2.63. The maximum atomic E-state index is 10.8. The first-order chi connectivity index (χ1) is 6.65. The highest BCUT2D eigenvalue weighted by Gasteiger charge is 2.22. The van der Waals surface area contributed by atoms with Crippen LogP contribution in [-0.2, 0) is 19.0 Å². The third-order valence-electron chi connectivity index (χ3n) is 1.58. The molecule has 5 nitrogen and oxygen atoms in total. The molecule has 0 aromatic heterocycles. The van der Waals surface area contributed by atoms with Crippen molar-refractivity contribution in [2.45, 2.75) is 32.7 Å². The summed E-state index contributed by atoms with van der Waals surface area (Å²) in [5.74, 6) is -0.484. The van der Waals surface area contributed by atoms with Crippen molar-refractivity contribution < 1.29 is 24.1 Å². The number of hydrogen-bond donors (Lipinski definition) is 1. The minimum absolute atomic E-state index is 0.124. The maximum absolute atomic E-state index is 10.8. The predicted octanol–water partition coefficient (Wildman–Crippen LogP) is 0.309. The van der Waals surface area contributed by atoms with E-state index in [1.165, 1.54) is 7.11 Å². The largest absolute Gasteiger partial charge is 0.469 e. The van der Waals surface area contributed by atoms with Crippen LogP contribution in [0.4, 0.5) is 0 Å². The molecule has 0 bridgehead atoms. The molecular formula is C9H18O5. The molecule has 0 aliphatic carbocycles. The van der Waals surface area contributed by atoms with Crippen molar-refractivity contribution in [3.63, 3.8) is 0 Å². The molecule has 84 valence electrons. The summed E-state index contributed by atoms with van der Waals surface area (Å²) in [6.45, 7) is 4.42. The molecule has 1 atom stereocenters. The number of aliphatic hydroxyl groups excluding tert-OH is 1. The van der Waals surface area contributed by atoms with Gasteiger partial charge in [0.1, 0.15) is 6.10 Å². The average Bonchev–Trinajstić information content (AvgIpc) is 2.17. The Labute approximate surface area is 84.0 Å². The molecule has 5 heteroatoms. The minimum atomic E-state index is -0.984. The number of ether oxygens (including phenoxy) is 3. The molecule has 0 aromatic carbocycles. The van der Waals surface area contributed by atoms with Crippen LogP contribution in [-0.4, -0.2) is 43.8 Å². The number of hydrogen-bond acceptors (Lipinski definition) is 5. The van der Waals surface area contributed by atoms with Crippen LogP contribution in [0.2, 0.25) is 0 Å². The van der Waals surface area contributed by atoms with E-state index >= 15 is 0 Å². The lowest BCUT2D eigenvalue weighted by Gasteiger charge is -2.21. The summed E-state index contributed by atoms with van der Waals surface area (Å²) < 4.78 is 14.6. The fraction of sp³-hybridized carbons (Fsp3) is 0.889. The standard InChI is InChI=1S/C9H18O5/c1-4-13-9(14-5-2)7(10)6-8(11)12-3/h7,9-10H,4-6H2,1-3H3. The molecule has 0 aromatic rings. The number of esters is 1. The first-order valence-electron chi connectivity index (χ1n) is 4.63. The van der Waals surface area contributed by atoms with E-state index in [0.29, 0.717) is 13.2 Å². The Kier molecular flexibility index (Phi) is 7.37. The van der Waals surface area contributed by atoms with Crippen LogP contribution in [0.5, 0.6) is 0 Å². The van der Waals surface area contributed by atoms with Crippen LogP contribution in [0.3, 0.4) is 0 Å². The normalized spacial score (nSPS) is 12.9. The van der Waals surface area contributed by atoms with E-state index < -0.39 is 18.4 Å². The zero-order valence-electron chi connectivity index (χ0n) is 8.86. The van der Waals surface area contributed by atoms with Gasteiger partial charge in [0.25, 0.3) is 0 Å². The monoisotopic (exact) mass is 206 g/mol. The number of rotatable bonds is 7. The topological polar surface area (TPSA) is 65.0 Å². The fourth-order valence-electron chi connectivity index (χ4n) is 0.949. The van der Waals surface area contributed by atoms with E-state index in [2.05, 4.69) is 4.74 Å². The molecule has 0 radical (unpaired) electrons. The number of carbonyl (C=O) groups excluding carboxylic acids is 1. The summed E-state index contributed by atoms with van der Waals surface area (Å²) in [4.78, 5) is 10.8. The van der Waals surface area contributed by atoms with Crippen molar-refractivity contribution >= 4 is 5.97 Å². The van der Waals surface area contributed by atoms with Crippen LogP contribution in [0.25, 0.3) is 0 Å². The fourth-order valence-corrected chi connectivity index (χ4v) is 0.949. The first-order valence-corrected chi connectivity index (χ1v) is 4.63. The van der Waals surface area contributed by atoms with Crippen molar-refractivity contribution in [1.29, 1.82) is 0 Å². The molecule has 0 heterocycles. The van der Waals surface area contributed by atoms with Gasteiger partial charge in [0.2, 0.25) is 0 Å². The van der Waals surface area contributed by atoms with Gasteiger partial charge in [-0.05, 0) is 13.8 Å². The quantitative estimate of drug-likeness (QED) is 0.479. The molecule has 0 fully saturated rings. The summed E-state index contributed by atoms with van der Waals surface area (Å²) in [5, 5.41) is 9.52. The Hall–Kier alpha value is -0.650. The Morgan fingerprint density at radius 3 is 2.14 bits per heavy atom. The lowest BCUT2D eigenvalue weighted by atomic mass is 10.2. The van der Waals surface area contributed by atoms with E-state index in [0.717, 1.165) is 0 Å². The van der Waals surface area contributed by atoms with Gasteiger partial charge in [-0.3, -0.25) is 4.79 Å². The second kappa shape index (κ2) is 7.73. The van der Waals surface area contributed by atoms with Crippen LogP contribution < -0.4 is 0 Å². The van der Waals surface area contributed by atoms with Crippen LogP contribution >= 0.6 is 0 Å². The second-order valence-electron chi connectivity index (χ2n) is 2.63. The Morgan fingerprint density at radius 2 is 1.79 bits per heavy atom. The van der Waals surface area contributed by atoms with E-state index in [4.69, 9.17) is 9.47 Å². The molecule has 1 unspecified atom stereocenters. The number of aliphatic hydroxyl groups is 1. The van der Waals surface area contributed by atoms with Crippen LogP contribution in [0, 0.1) is 0 Å². The molecule has 0 amide bonds. The third kappa shape index (κ3) is 5.16. The lowest BCUT2D eigenvalue weighted by Crippen LogP contribution is -2.34. The van der Waals surface area contributed by atoms with Crippen molar-refractivity contribution in [2.24, 2.45) is 0 Å². The summed E-state index contributed by atoms with van der Waals surface area (Å²) >= 11 is 0. The zero-order valence-corrected chi connectivity index (χ0v) is 8.86. The van der Waals surface area contributed by atoms with Crippen LogP contribution in [0.15, 0.2) is 0 Å². The highest BCUT2D eigenvalue weighted by molar-refractivity contribution is 5.69. The van der Waals surface area contributed by atoms with Gasteiger partial charge in [-0.15, -0.1) is 0 Å². The van der Waals surface area contributed by atoms with Gasteiger partial charge in [0, 0.05) is 13.2 Å². The Balaban J connectivity index is 3.99. The highest BCUT2D eigenvalue weighted by atomic mass is 16.7. The maximum Gasteiger partial charge on any atom is 0.308 e. The van der Waals surface area contributed by atoms with E-state index in [1.807, 2.05) is 0 Å². The van der Waals surface area contributed by atoms with Gasteiger partial charge in [-0.1, -0.05) is 0 Å². The van der Waals surface area contributed by atoms with Crippen molar-refractivity contribution in [1.82, 2.24) is 0 Å². The van der Waals surface area contributed by atoms with Gasteiger partial charge >= 0.3 is 5.97 Å². The van der Waals surface area contributed by atoms with Crippen molar-refractivity contribution in [2.75, 3.05) is 20.3 Å². The van der Waals surface area contributed by atoms with E-state index in [1.54, 1.807) is 13.8 Å². The molecule has 1 N–H and O–H groups in total. The molecule has 0 aliphatic heterocycles. The molecule has 0 spiro atoms. The molecular weight excluding hydrogens is 188 g/mol. The van der Waals surface area contributed by atoms with Gasteiger partial charge in [-0.2, -0.15) is 0 Å². The van der Waals surface area contributed by atoms with Crippen molar-refractivity contribution in [3.05, 3.63) is 0 Å².